The van der Waals surface area contributed by atoms with Crippen molar-refractivity contribution in [3.05, 3.63) is 72.9 Å². The molecule has 1 heterocycles. The topological polar surface area (TPSA) is 127 Å². The number of rotatable bonds is 10. The summed E-state index contributed by atoms with van der Waals surface area (Å²) >= 11 is 0. The molecule has 36 heavy (non-hydrogen) atoms. The number of hydrogen-bond acceptors (Lipinski definition) is 7. The van der Waals surface area contributed by atoms with E-state index in [0.29, 0.717) is 23.1 Å². The van der Waals surface area contributed by atoms with E-state index in [1.54, 1.807) is 36.5 Å². The maximum atomic E-state index is 11.9. The smallest absolute Gasteiger partial charge is 0.295 e. The number of para-hydroxylation sites is 1. The molecule has 0 aliphatic heterocycles. The second-order valence-electron chi connectivity index (χ2n) is 8.34. The first-order valence-electron chi connectivity index (χ1n) is 11.8. The lowest BCUT2D eigenvalue weighted by molar-refractivity contribution is 0.306. The van der Waals surface area contributed by atoms with Crippen molar-refractivity contribution in [2.45, 2.75) is 37.5 Å². The lowest BCUT2D eigenvalue weighted by Gasteiger charge is -2.11. The molecule has 0 aliphatic carbocycles. The molecule has 0 unspecified atom stereocenters. The summed E-state index contributed by atoms with van der Waals surface area (Å²) < 4.78 is 39.5. The van der Waals surface area contributed by atoms with Crippen LogP contribution in [0.1, 0.15) is 32.6 Å². The van der Waals surface area contributed by atoms with Gasteiger partial charge in [0.05, 0.1) is 24.2 Å². The molecule has 8 nitrogen and oxygen atoms in total. The van der Waals surface area contributed by atoms with E-state index in [1.807, 2.05) is 30.3 Å². The Balaban J connectivity index is 1.57. The Kier molecular flexibility index (Phi) is 7.92. The first-order chi connectivity index (χ1) is 17.4. The van der Waals surface area contributed by atoms with Crippen molar-refractivity contribution in [2.75, 3.05) is 12.3 Å². The monoisotopic (exact) mass is 504 g/mol. The number of fused-ring (bicyclic) bond motifs is 1. The first-order valence-corrected chi connectivity index (χ1v) is 13.2. The van der Waals surface area contributed by atoms with Crippen molar-refractivity contribution in [2.24, 2.45) is 10.2 Å². The van der Waals surface area contributed by atoms with Crippen molar-refractivity contribution in [3.8, 4) is 17.0 Å². The summed E-state index contributed by atoms with van der Waals surface area (Å²) in [7, 11) is -4.49. The van der Waals surface area contributed by atoms with Crippen LogP contribution in [0.2, 0.25) is 0 Å². The van der Waals surface area contributed by atoms with Gasteiger partial charge in [-0.1, -0.05) is 62.6 Å². The van der Waals surface area contributed by atoms with Gasteiger partial charge in [-0.25, -0.2) is 0 Å². The molecule has 0 amide bonds. The molecule has 186 valence electrons. The number of anilines is 1. The van der Waals surface area contributed by atoms with E-state index < -0.39 is 10.1 Å². The number of nitrogen functional groups attached to an aromatic ring is 1. The average molecular weight is 505 g/mol. The third-order valence-electron chi connectivity index (χ3n) is 5.74. The number of aromatic nitrogens is 1. The normalized spacial score (nSPS) is 11.8. The van der Waals surface area contributed by atoms with Crippen molar-refractivity contribution in [3.63, 3.8) is 0 Å². The molecule has 0 atom stereocenters. The highest BCUT2D eigenvalue weighted by Crippen LogP contribution is 2.37. The van der Waals surface area contributed by atoms with E-state index in [4.69, 9.17) is 10.5 Å². The molecule has 3 N–H and O–H groups in total. The molecule has 0 spiro atoms. The zero-order valence-electron chi connectivity index (χ0n) is 20.0. The number of unbranched alkanes of at least 4 members (excludes halogenated alkanes) is 3. The maximum absolute atomic E-state index is 11.9. The summed E-state index contributed by atoms with van der Waals surface area (Å²) in [6, 6.07) is 19.2. The Morgan fingerprint density at radius 1 is 0.944 bits per heavy atom. The number of pyridine rings is 1. The van der Waals surface area contributed by atoms with E-state index in [0.717, 1.165) is 29.8 Å². The van der Waals surface area contributed by atoms with Crippen LogP contribution in [0.4, 0.5) is 17.1 Å². The maximum Gasteiger partial charge on any atom is 0.295 e. The van der Waals surface area contributed by atoms with Crippen LogP contribution in [0.25, 0.3) is 22.0 Å². The minimum Gasteiger partial charge on any atom is -0.493 e. The molecular weight excluding hydrogens is 476 g/mol. The van der Waals surface area contributed by atoms with E-state index in [2.05, 4.69) is 22.1 Å². The standard InChI is InChI=1S/C27H28N4O4S/c1-2-3-4-9-16-35-25-13-8-7-12-22(25)23-15-14-19(18-29-23)30-31-24-17-26(36(32,33)34)20-10-5-6-11-21(20)27(24)28/h5-8,10-15,17-18H,2-4,9,16,28H2,1H3,(H,32,33,34)/b31-30+. The zero-order valence-corrected chi connectivity index (χ0v) is 20.8. The van der Waals surface area contributed by atoms with Crippen LogP contribution in [0.5, 0.6) is 5.75 Å². The van der Waals surface area contributed by atoms with Crippen LogP contribution in [0.3, 0.4) is 0 Å². The fraction of sp³-hybridized carbons (Fsp3) is 0.222. The van der Waals surface area contributed by atoms with Crippen molar-refractivity contribution in [1.29, 1.82) is 0 Å². The number of azo groups is 1. The van der Waals surface area contributed by atoms with Crippen LogP contribution in [0.15, 0.2) is 88.1 Å². The van der Waals surface area contributed by atoms with Gasteiger partial charge in [0, 0.05) is 16.3 Å². The van der Waals surface area contributed by atoms with Crippen LogP contribution in [-0.4, -0.2) is 24.6 Å². The second-order valence-corrected chi connectivity index (χ2v) is 9.73. The summed E-state index contributed by atoms with van der Waals surface area (Å²) in [6.07, 6.45) is 6.10. The largest absolute Gasteiger partial charge is 0.493 e. The third-order valence-corrected chi connectivity index (χ3v) is 6.64. The van der Waals surface area contributed by atoms with E-state index in [1.165, 1.54) is 18.9 Å². The molecule has 0 saturated carbocycles. The predicted molar refractivity (Wildman–Crippen MR) is 142 cm³/mol. The van der Waals surface area contributed by atoms with Gasteiger partial charge in [-0.2, -0.15) is 8.42 Å². The summed E-state index contributed by atoms with van der Waals surface area (Å²) in [5.41, 5.74) is 8.68. The van der Waals surface area contributed by atoms with E-state index >= 15 is 0 Å². The van der Waals surface area contributed by atoms with E-state index in [9.17, 15) is 13.0 Å². The highest BCUT2D eigenvalue weighted by molar-refractivity contribution is 7.86. The second kappa shape index (κ2) is 11.3. The Hall–Kier alpha value is -3.82. The summed E-state index contributed by atoms with van der Waals surface area (Å²) in [6.45, 7) is 2.83. The van der Waals surface area contributed by atoms with Crippen LogP contribution >= 0.6 is 0 Å². The van der Waals surface area contributed by atoms with Gasteiger partial charge in [0.15, 0.2) is 0 Å². The molecule has 0 radical (unpaired) electrons. The fourth-order valence-corrected chi connectivity index (χ4v) is 4.59. The van der Waals surface area contributed by atoms with Crippen molar-refractivity contribution in [1.82, 2.24) is 4.98 Å². The lowest BCUT2D eigenvalue weighted by Crippen LogP contribution is -2.01. The number of ether oxygens (including phenoxy) is 1. The number of hydrogen-bond donors (Lipinski definition) is 2. The van der Waals surface area contributed by atoms with Crippen LogP contribution in [0, 0.1) is 0 Å². The van der Waals surface area contributed by atoms with Crippen molar-refractivity contribution >= 4 is 38.0 Å². The van der Waals surface area contributed by atoms with Gasteiger partial charge in [0.1, 0.15) is 22.0 Å². The molecule has 1 aromatic heterocycles. The number of benzene rings is 3. The van der Waals surface area contributed by atoms with Gasteiger partial charge in [-0.15, -0.1) is 10.2 Å². The molecule has 9 heteroatoms. The van der Waals surface area contributed by atoms with Gasteiger partial charge in [-0.3, -0.25) is 9.54 Å². The van der Waals surface area contributed by atoms with E-state index in [-0.39, 0.29) is 16.3 Å². The van der Waals surface area contributed by atoms with Gasteiger partial charge < -0.3 is 10.5 Å². The Labute approximate surface area is 210 Å². The molecule has 4 aromatic rings. The lowest BCUT2D eigenvalue weighted by atomic mass is 10.1. The van der Waals surface area contributed by atoms with Gasteiger partial charge in [-0.05, 0) is 36.8 Å². The Bertz CT molecular complexity index is 1490. The minimum atomic E-state index is -4.49. The van der Waals surface area contributed by atoms with Gasteiger partial charge in [0.2, 0.25) is 0 Å². The molecule has 0 bridgehead atoms. The predicted octanol–water partition coefficient (Wildman–Crippen LogP) is 7.11. The molecule has 0 fully saturated rings. The first kappa shape index (κ1) is 25.3. The molecule has 0 aliphatic rings. The number of nitrogens with zero attached hydrogens (tertiary/aromatic N) is 3. The summed E-state index contributed by atoms with van der Waals surface area (Å²) in [5, 5.41) is 9.10. The van der Waals surface area contributed by atoms with Crippen LogP contribution in [-0.2, 0) is 10.1 Å². The fourth-order valence-electron chi connectivity index (χ4n) is 3.88. The van der Waals surface area contributed by atoms with Gasteiger partial charge in [0.25, 0.3) is 10.1 Å². The quantitative estimate of drug-likeness (QED) is 0.103. The molecule has 0 saturated heterocycles. The van der Waals surface area contributed by atoms with Crippen LogP contribution < -0.4 is 10.5 Å². The average Bonchev–Trinajstić information content (AvgIpc) is 2.88. The molecule has 4 rings (SSSR count). The third kappa shape index (κ3) is 5.87. The summed E-state index contributed by atoms with van der Waals surface area (Å²) in [4.78, 5) is 4.23. The summed E-state index contributed by atoms with van der Waals surface area (Å²) in [5.74, 6) is 0.776. The molecule has 3 aromatic carbocycles. The molecular formula is C27H28N4O4S. The Morgan fingerprint density at radius 2 is 1.69 bits per heavy atom. The highest BCUT2D eigenvalue weighted by atomic mass is 32.2. The SMILES string of the molecule is CCCCCCOc1ccccc1-c1ccc(/N=N/c2cc(S(=O)(=O)O)c3ccccc3c2N)cn1. The minimum absolute atomic E-state index is 0.132. The number of nitrogens with two attached hydrogens (primary N) is 1. The Morgan fingerprint density at radius 3 is 2.42 bits per heavy atom. The van der Waals surface area contributed by atoms with Crippen molar-refractivity contribution < 1.29 is 17.7 Å². The zero-order chi connectivity index (χ0) is 25.5. The highest BCUT2D eigenvalue weighted by Gasteiger charge is 2.18. The van der Waals surface area contributed by atoms with Gasteiger partial charge >= 0.3 is 0 Å².